The van der Waals surface area contributed by atoms with Gasteiger partial charge in [-0.1, -0.05) is 40.0 Å². The zero-order valence-electron chi connectivity index (χ0n) is 27.2. The molecule has 0 spiro atoms. The fraction of sp³-hybridized carbons (Fsp3) is 0.147. The van der Waals surface area contributed by atoms with Crippen LogP contribution in [-0.2, 0) is 10.3 Å². The first-order valence-corrected chi connectivity index (χ1v) is 15.0. The van der Waals surface area contributed by atoms with E-state index in [-0.39, 0.29) is 34.7 Å². The summed E-state index contributed by atoms with van der Waals surface area (Å²) in [5.74, 6) is -0.553. The highest BCUT2D eigenvalue weighted by molar-refractivity contribution is 9.10. The maximum absolute atomic E-state index is 13.4. The number of aromatic hydroxyl groups is 2. The Balaban J connectivity index is 0.000000295. The number of alkyl halides is 4. The van der Waals surface area contributed by atoms with Crippen LogP contribution in [0.4, 0.5) is 26.3 Å². The van der Waals surface area contributed by atoms with Crippen LogP contribution in [0, 0.1) is 24.0 Å². The molecule has 0 radical (unpaired) electrons. The maximum atomic E-state index is 13.4. The number of likely N-dealkylation sites (N-methyl/N-ethyl adjacent to an activating group) is 1. The third kappa shape index (κ3) is 11.8. The van der Waals surface area contributed by atoms with Gasteiger partial charge in [-0.3, -0.25) is 14.7 Å². The van der Waals surface area contributed by atoms with Crippen LogP contribution >= 0.6 is 15.9 Å². The average molecular weight is 798 g/mol. The van der Waals surface area contributed by atoms with Crippen molar-refractivity contribution in [2.45, 2.75) is 18.8 Å². The number of benzene rings is 4. The van der Waals surface area contributed by atoms with Gasteiger partial charge in [0.2, 0.25) is 0 Å². The van der Waals surface area contributed by atoms with Gasteiger partial charge in [0, 0.05) is 24.1 Å². The van der Waals surface area contributed by atoms with Gasteiger partial charge in [0.15, 0.2) is 40.6 Å². The number of nitrogens with two attached hydrogens (primary N) is 3. The molecule has 18 heteroatoms. The molecule has 5 rings (SSSR count). The summed E-state index contributed by atoms with van der Waals surface area (Å²) in [5.41, 5.74) is 14.8. The van der Waals surface area contributed by atoms with Crippen LogP contribution < -0.4 is 26.7 Å². The molecule has 1 unspecified atom stereocenters. The van der Waals surface area contributed by atoms with Crippen molar-refractivity contribution in [3.05, 3.63) is 118 Å². The molecule has 4 aromatic rings. The van der Waals surface area contributed by atoms with Crippen molar-refractivity contribution in [1.82, 2.24) is 4.90 Å². The van der Waals surface area contributed by atoms with Crippen LogP contribution in [0.5, 0.6) is 23.0 Å². The summed E-state index contributed by atoms with van der Waals surface area (Å²) in [6.07, 6.45) is 5.06. The van der Waals surface area contributed by atoms with Gasteiger partial charge in [0.1, 0.15) is 11.5 Å². The highest BCUT2D eigenvalue weighted by Gasteiger charge is 2.49. The van der Waals surface area contributed by atoms with Crippen LogP contribution in [0.3, 0.4) is 0 Å². The number of terminal acetylenes is 1. The van der Waals surface area contributed by atoms with Crippen molar-refractivity contribution >= 4 is 33.8 Å². The van der Waals surface area contributed by atoms with E-state index in [1.165, 1.54) is 86.9 Å². The number of amides is 1. The first-order chi connectivity index (χ1) is 24.4. The van der Waals surface area contributed by atoms with Gasteiger partial charge in [0.25, 0.3) is 5.91 Å². The Hall–Kier alpha value is -6.09. The number of guanidine groups is 2. The summed E-state index contributed by atoms with van der Waals surface area (Å²) in [6.45, 7) is -5.78. The molecule has 0 bridgehead atoms. The number of phenols is 2. The van der Waals surface area contributed by atoms with Gasteiger partial charge in [0.05, 0.1) is 0 Å². The molecule has 0 fully saturated rings. The highest BCUT2D eigenvalue weighted by atomic mass is 79.9. The van der Waals surface area contributed by atoms with Crippen LogP contribution in [0.25, 0.3) is 0 Å². The van der Waals surface area contributed by atoms with E-state index in [1.54, 1.807) is 0 Å². The molecular weight excluding hydrogens is 766 g/mol. The Labute approximate surface area is 302 Å². The summed E-state index contributed by atoms with van der Waals surface area (Å²) in [4.78, 5) is 21.6. The van der Waals surface area contributed by atoms with E-state index in [0.717, 1.165) is 17.0 Å². The lowest BCUT2D eigenvalue weighted by Crippen LogP contribution is -2.41. The van der Waals surface area contributed by atoms with Crippen LogP contribution in [-0.4, -0.2) is 60.3 Å². The zero-order valence-corrected chi connectivity index (χ0v) is 28.7. The van der Waals surface area contributed by atoms with E-state index >= 15 is 0 Å². The summed E-state index contributed by atoms with van der Waals surface area (Å²) < 4.78 is 82.7. The lowest BCUT2D eigenvalue weighted by atomic mass is 9.82. The molecule has 1 heterocycles. The van der Waals surface area contributed by atoms with E-state index in [4.69, 9.17) is 28.7 Å². The minimum absolute atomic E-state index is 0.0771. The Morgan fingerprint density at radius 1 is 0.865 bits per heavy atom. The number of nitrogens with zero attached hydrogens (tertiary/aromatic N) is 3. The highest BCUT2D eigenvalue weighted by Crippen LogP contribution is 2.41. The molecule has 1 atom stereocenters. The molecule has 1 amide bonds. The predicted octanol–water partition coefficient (Wildman–Crippen LogP) is 5.62. The number of phenolic OH excluding ortho intramolecular Hbond substituents is 2. The van der Waals surface area contributed by atoms with Crippen molar-refractivity contribution in [3.63, 3.8) is 0 Å². The molecule has 0 saturated heterocycles. The van der Waals surface area contributed by atoms with Gasteiger partial charge in [-0.15, -0.1) is 6.42 Å². The normalized spacial score (nSPS) is 14.4. The minimum atomic E-state index is -2.99. The van der Waals surface area contributed by atoms with Crippen molar-refractivity contribution in [3.8, 4) is 35.3 Å². The number of rotatable bonds is 6. The molecule has 8 N–H and O–H groups in total. The molecule has 11 nitrogen and oxygen atoms in total. The molecule has 276 valence electrons. The number of hydrogen-bond acceptors (Lipinski definition) is 8. The lowest BCUT2D eigenvalue weighted by Gasteiger charge is -2.26. The number of carbonyl (C=O) groups is 1. The molecule has 52 heavy (non-hydrogen) atoms. The van der Waals surface area contributed by atoms with E-state index in [1.807, 2.05) is 0 Å². The maximum Gasteiger partial charge on any atom is 0.387 e. The molecular formula is C34H31BrF6N6O5. The van der Waals surface area contributed by atoms with Crippen molar-refractivity contribution < 1.29 is 50.8 Å². The van der Waals surface area contributed by atoms with E-state index in [0.29, 0.717) is 15.6 Å². The van der Waals surface area contributed by atoms with E-state index < -0.39 is 42.1 Å². The standard InChI is InChI=1S/C17H14F3N3O3.C9H6F2O.C6H4BrFO.C2H7N3/c1-23-14(25)17(22-16(23)21,10-4-7-12(18)13(24)8-10)9-2-5-11(6-3-9)26-15(19)20;1-2-7-3-5-8(6-4-7)12-9(10)11;7-4-1-2-5(8)6(9)3-4;1-5-2(3)4/h2-8,15,24H,1H3,(H2,21,22);1,3-6,9H;1-3,9H;1H3,(H4,3,4,5). The Morgan fingerprint density at radius 3 is 1.67 bits per heavy atom. The molecule has 0 saturated carbocycles. The van der Waals surface area contributed by atoms with Crippen LogP contribution in [0.2, 0.25) is 0 Å². The zero-order chi connectivity index (χ0) is 39.2. The van der Waals surface area contributed by atoms with Gasteiger partial charge in [-0.05, 0) is 77.9 Å². The smallest absolute Gasteiger partial charge is 0.387 e. The molecule has 1 aliphatic heterocycles. The number of hydrogen-bond donors (Lipinski definition) is 5. The Bertz CT molecular complexity index is 1910. The fourth-order valence-corrected chi connectivity index (χ4v) is 4.37. The SMILES string of the molecule is C#Cc1ccc(OC(F)F)cc1.CN1C(=O)C(c2ccc(OC(F)F)cc2)(c2ccc(F)c(O)c2)N=C1N.CN=C(N)N.Oc1cc(Br)ccc1F. The summed E-state index contributed by atoms with van der Waals surface area (Å²) >= 11 is 3.07. The second kappa shape index (κ2) is 19.3. The second-order valence-corrected chi connectivity index (χ2v) is 10.8. The van der Waals surface area contributed by atoms with E-state index in [9.17, 15) is 36.2 Å². The number of halogens is 7. The predicted molar refractivity (Wildman–Crippen MR) is 185 cm³/mol. The third-order valence-corrected chi connectivity index (χ3v) is 7.01. The summed E-state index contributed by atoms with van der Waals surface area (Å²) in [7, 11) is 2.95. The molecule has 4 aromatic carbocycles. The van der Waals surface area contributed by atoms with Gasteiger partial charge in [-0.25, -0.2) is 13.8 Å². The quantitative estimate of drug-likeness (QED) is 0.0722. The third-order valence-electron chi connectivity index (χ3n) is 6.51. The first kappa shape index (κ1) is 42.1. The van der Waals surface area contributed by atoms with Gasteiger partial charge < -0.3 is 36.9 Å². The van der Waals surface area contributed by atoms with Gasteiger partial charge in [-0.2, -0.15) is 17.6 Å². The van der Waals surface area contributed by atoms with E-state index in [2.05, 4.69) is 41.3 Å². The first-order valence-electron chi connectivity index (χ1n) is 14.3. The summed E-state index contributed by atoms with van der Waals surface area (Å²) in [5, 5.41) is 18.4. The van der Waals surface area contributed by atoms with Crippen molar-refractivity contribution in [2.75, 3.05) is 14.1 Å². The second-order valence-electron chi connectivity index (χ2n) is 9.91. The van der Waals surface area contributed by atoms with Crippen LogP contribution in [0.1, 0.15) is 16.7 Å². The molecule has 0 aliphatic carbocycles. The largest absolute Gasteiger partial charge is 0.505 e. The summed E-state index contributed by atoms with van der Waals surface area (Å²) in [6, 6.07) is 18.5. The Morgan fingerprint density at radius 2 is 1.31 bits per heavy atom. The van der Waals surface area contributed by atoms with Crippen molar-refractivity contribution in [2.24, 2.45) is 27.2 Å². The monoisotopic (exact) mass is 796 g/mol. The van der Waals surface area contributed by atoms with Crippen LogP contribution in [0.15, 0.2) is 99.4 Å². The van der Waals surface area contributed by atoms with Crippen molar-refractivity contribution in [1.29, 1.82) is 0 Å². The molecule has 1 aliphatic rings. The molecule has 0 aromatic heterocycles. The number of carbonyl (C=O) groups excluding carboxylic acids is 1. The number of ether oxygens (including phenoxy) is 2. The van der Waals surface area contributed by atoms with Gasteiger partial charge >= 0.3 is 13.2 Å². The minimum Gasteiger partial charge on any atom is -0.505 e. The topological polar surface area (TPSA) is 182 Å². The lowest BCUT2D eigenvalue weighted by molar-refractivity contribution is -0.129. The average Bonchev–Trinajstić information content (AvgIpc) is 3.33. The fourth-order valence-electron chi connectivity index (χ4n) is 4.02. The Kier molecular flexibility index (Phi) is 15.7. The number of aliphatic imine (C=N–C) groups is 2.